The van der Waals surface area contributed by atoms with E-state index in [0.29, 0.717) is 37.4 Å². The lowest BCUT2D eigenvalue weighted by Crippen LogP contribution is -2.42. The molecule has 0 radical (unpaired) electrons. The minimum Gasteiger partial charge on any atom is -0.338 e. The molecule has 9 heteroatoms. The maximum absolute atomic E-state index is 12.6. The Morgan fingerprint density at radius 1 is 1.41 bits per heavy atom. The van der Waals surface area contributed by atoms with E-state index in [9.17, 15) is 13.2 Å². The van der Waals surface area contributed by atoms with E-state index in [0.717, 1.165) is 0 Å². The van der Waals surface area contributed by atoms with Crippen molar-refractivity contribution >= 4 is 16.1 Å². The van der Waals surface area contributed by atoms with Crippen LogP contribution in [0.4, 0.5) is 4.79 Å². The Kier molecular flexibility index (Phi) is 4.76. The monoisotopic (exact) mass is 329 g/mol. The van der Waals surface area contributed by atoms with Crippen molar-refractivity contribution in [2.24, 2.45) is 7.05 Å². The van der Waals surface area contributed by atoms with Gasteiger partial charge < -0.3 is 10.2 Å². The summed E-state index contributed by atoms with van der Waals surface area (Å²) in [4.78, 5) is 13.6. The molecule has 1 aromatic rings. The maximum Gasteiger partial charge on any atom is 0.317 e. The Bertz CT molecular complexity index is 667. The standard InChI is InChI=1S/C13H23N5O3S/c1-5-14-13(19)18-7-6-11(8-18)16-22(20,21)12-9(2)15-17(4)10(12)3/h11,16H,5-8H2,1-4H3,(H,14,19). The van der Waals surface area contributed by atoms with Crippen molar-refractivity contribution in [3.63, 3.8) is 0 Å². The predicted molar refractivity (Wildman–Crippen MR) is 82.1 cm³/mol. The number of amides is 2. The first-order chi connectivity index (χ1) is 10.3. The normalized spacial score (nSPS) is 18.7. The van der Waals surface area contributed by atoms with Gasteiger partial charge in [0.25, 0.3) is 0 Å². The Morgan fingerprint density at radius 3 is 2.64 bits per heavy atom. The first-order valence-corrected chi connectivity index (χ1v) is 8.80. The molecule has 0 saturated carbocycles. The molecule has 0 aliphatic carbocycles. The topological polar surface area (TPSA) is 96.3 Å². The first-order valence-electron chi connectivity index (χ1n) is 7.31. The van der Waals surface area contributed by atoms with Crippen LogP contribution in [0.2, 0.25) is 0 Å². The zero-order valence-electron chi connectivity index (χ0n) is 13.4. The lowest BCUT2D eigenvalue weighted by atomic mass is 10.3. The summed E-state index contributed by atoms with van der Waals surface area (Å²) in [5, 5.41) is 6.86. The van der Waals surface area contributed by atoms with E-state index >= 15 is 0 Å². The van der Waals surface area contributed by atoms with Crippen LogP contribution in [0.25, 0.3) is 0 Å². The summed E-state index contributed by atoms with van der Waals surface area (Å²) in [5.41, 5.74) is 1.08. The molecular formula is C13H23N5O3S. The number of sulfonamides is 1. The van der Waals surface area contributed by atoms with Crippen LogP contribution in [0.5, 0.6) is 0 Å². The van der Waals surface area contributed by atoms with Gasteiger partial charge in [0.05, 0.1) is 11.4 Å². The second-order valence-electron chi connectivity index (χ2n) is 5.51. The number of nitrogens with one attached hydrogen (secondary N) is 2. The van der Waals surface area contributed by atoms with Crippen molar-refractivity contribution in [2.75, 3.05) is 19.6 Å². The van der Waals surface area contributed by atoms with E-state index in [1.165, 1.54) is 0 Å². The van der Waals surface area contributed by atoms with E-state index in [1.54, 1.807) is 30.5 Å². The molecule has 2 amide bonds. The largest absolute Gasteiger partial charge is 0.338 e. The Balaban J connectivity index is 2.09. The van der Waals surface area contributed by atoms with E-state index in [2.05, 4.69) is 15.1 Å². The molecule has 2 heterocycles. The SMILES string of the molecule is CCNC(=O)N1CCC(NS(=O)(=O)c2c(C)nn(C)c2C)C1. The second-order valence-corrected chi connectivity index (χ2v) is 7.16. The second kappa shape index (κ2) is 6.25. The Hall–Kier alpha value is -1.61. The predicted octanol–water partition coefficient (Wildman–Crippen LogP) is 0.119. The number of hydrogen-bond acceptors (Lipinski definition) is 4. The molecule has 1 aromatic heterocycles. The van der Waals surface area contributed by atoms with Gasteiger partial charge in [-0.15, -0.1) is 0 Å². The number of rotatable bonds is 4. The van der Waals surface area contributed by atoms with Crippen molar-refractivity contribution in [1.82, 2.24) is 24.7 Å². The third-order valence-electron chi connectivity index (χ3n) is 3.84. The quantitative estimate of drug-likeness (QED) is 0.820. The average molecular weight is 329 g/mol. The number of nitrogens with zero attached hydrogens (tertiary/aromatic N) is 3. The highest BCUT2D eigenvalue weighted by Gasteiger charge is 2.32. The fourth-order valence-corrected chi connectivity index (χ4v) is 4.43. The number of urea groups is 1. The van der Waals surface area contributed by atoms with Crippen molar-refractivity contribution in [3.05, 3.63) is 11.4 Å². The van der Waals surface area contributed by atoms with Crippen LogP contribution >= 0.6 is 0 Å². The molecular weight excluding hydrogens is 306 g/mol. The van der Waals surface area contributed by atoms with Gasteiger partial charge in [0, 0.05) is 32.7 Å². The molecule has 1 aliphatic rings. The highest BCUT2D eigenvalue weighted by molar-refractivity contribution is 7.89. The van der Waals surface area contributed by atoms with Gasteiger partial charge in [0.15, 0.2) is 0 Å². The molecule has 2 rings (SSSR count). The number of carbonyl (C=O) groups is 1. The number of likely N-dealkylation sites (tertiary alicyclic amines) is 1. The van der Waals surface area contributed by atoms with E-state index in [4.69, 9.17) is 0 Å². The number of hydrogen-bond donors (Lipinski definition) is 2. The van der Waals surface area contributed by atoms with Crippen molar-refractivity contribution in [2.45, 2.75) is 38.1 Å². The average Bonchev–Trinajstić information content (AvgIpc) is 2.95. The summed E-state index contributed by atoms with van der Waals surface area (Å²) < 4.78 is 29.4. The van der Waals surface area contributed by atoms with Crippen LogP contribution in [-0.4, -0.2) is 54.8 Å². The molecule has 0 aromatic carbocycles. The molecule has 1 fully saturated rings. The molecule has 1 saturated heterocycles. The van der Waals surface area contributed by atoms with E-state index in [1.807, 2.05) is 6.92 Å². The fraction of sp³-hybridized carbons (Fsp3) is 0.692. The molecule has 124 valence electrons. The molecule has 2 N–H and O–H groups in total. The lowest BCUT2D eigenvalue weighted by molar-refractivity contribution is 0.208. The van der Waals surface area contributed by atoms with Crippen LogP contribution in [-0.2, 0) is 17.1 Å². The summed E-state index contributed by atoms with van der Waals surface area (Å²) in [6.07, 6.45) is 0.606. The van der Waals surface area contributed by atoms with Crippen LogP contribution in [0, 0.1) is 13.8 Å². The van der Waals surface area contributed by atoms with Crippen LogP contribution in [0.3, 0.4) is 0 Å². The lowest BCUT2D eigenvalue weighted by Gasteiger charge is -2.17. The Labute approximate surface area is 130 Å². The third kappa shape index (κ3) is 3.25. The van der Waals surface area contributed by atoms with Gasteiger partial charge in [-0.3, -0.25) is 4.68 Å². The molecule has 8 nitrogen and oxygen atoms in total. The summed E-state index contributed by atoms with van der Waals surface area (Å²) in [6.45, 7) is 6.73. The maximum atomic E-state index is 12.6. The Morgan fingerprint density at radius 2 is 2.09 bits per heavy atom. The third-order valence-corrected chi connectivity index (χ3v) is 5.61. The summed E-state index contributed by atoms with van der Waals surface area (Å²) in [7, 11) is -1.92. The zero-order valence-corrected chi connectivity index (χ0v) is 14.2. The van der Waals surface area contributed by atoms with Gasteiger partial charge in [-0.2, -0.15) is 5.10 Å². The minimum atomic E-state index is -3.64. The molecule has 1 atom stereocenters. The van der Waals surface area contributed by atoms with Gasteiger partial charge in [-0.1, -0.05) is 0 Å². The highest BCUT2D eigenvalue weighted by atomic mass is 32.2. The van der Waals surface area contributed by atoms with Crippen LogP contribution in [0.15, 0.2) is 4.90 Å². The van der Waals surface area contributed by atoms with Gasteiger partial charge >= 0.3 is 6.03 Å². The first kappa shape index (κ1) is 16.8. The fourth-order valence-electron chi connectivity index (χ4n) is 2.73. The van der Waals surface area contributed by atoms with Crippen molar-refractivity contribution < 1.29 is 13.2 Å². The zero-order chi connectivity index (χ0) is 16.5. The molecule has 1 unspecified atom stereocenters. The highest BCUT2D eigenvalue weighted by Crippen LogP contribution is 2.20. The molecule has 0 spiro atoms. The molecule has 22 heavy (non-hydrogen) atoms. The number of aromatic nitrogens is 2. The van der Waals surface area contributed by atoms with Crippen LogP contribution < -0.4 is 10.0 Å². The minimum absolute atomic E-state index is 0.155. The number of carbonyl (C=O) groups excluding carboxylic acids is 1. The smallest absolute Gasteiger partial charge is 0.317 e. The summed E-state index contributed by atoms with van der Waals surface area (Å²) in [6, 6.07) is -0.426. The van der Waals surface area contributed by atoms with Gasteiger partial charge in [0.1, 0.15) is 4.90 Å². The van der Waals surface area contributed by atoms with Crippen molar-refractivity contribution in [1.29, 1.82) is 0 Å². The van der Waals surface area contributed by atoms with Gasteiger partial charge in [-0.05, 0) is 27.2 Å². The molecule has 1 aliphatic heterocycles. The summed E-state index contributed by atoms with van der Waals surface area (Å²) >= 11 is 0. The van der Waals surface area contributed by atoms with Crippen LogP contribution in [0.1, 0.15) is 24.7 Å². The van der Waals surface area contributed by atoms with Gasteiger partial charge in [-0.25, -0.2) is 17.9 Å². The number of aryl methyl sites for hydroxylation is 2. The van der Waals surface area contributed by atoms with E-state index in [-0.39, 0.29) is 17.0 Å². The molecule has 0 bridgehead atoms. The van der Waals surface area contributed by atoms with Gasteiger partial charge in [0.2, 0.25) is 10.0 Å². The van der Waals surface area contributed by atoms with Crippen molar-refractivity contribution in [3.8, 4) is 0 Å². The van der Waals surface area contributed by atoms with E-state index < -0.39 is 10.0 Å². The summed E-state index contributed by atoms with van der Waals surface area (Å²) in [5.74, 6) is 0.